The van der Waals surface area contributed by atoms with Gasteiger partial charge >= 0.3 is 5.97 Å². The first-order chi connectivity index (χ1) is 14.1. The number of aliphatic hydroxyl groups excluding tert-OH is 1. The SMILES string of the molecule is CC[C@H]1OC(=O)[C@H](C)C(=O)[C@H](C)[C@@H](C)C(C)(OC)C[C@@H](C)CN(C)[C@H](C)[C@@H](O)[C@]1(C)O. The van der Waals surface area contributed by atoms with Gasteiger partial charge in [-0.25, -0.2) is 0 Å². The Hall–Kier alpha value is -1.02. The molecule has 9 atom stereocenters. The molecular formula is C24H45NO6. The van der Waals surface area contributed by atoms with E-state index >= 15 is 0 Å². The fourth-order valence-corrected chi connectivity index (χ4v) is 4.93. The maximum atomic E-state index is 13.1. The van der Waals surface area contributed by atoms with E-state index < -0.39 is 41.2 Å². The molecule has 0 aliphatic carbocycles. The molecule has 0 saturated carbocycles. The number of hydrogen-bond donors (Lipinski definition) is 2. The highest BCUT2D eigenvalue weighted by Crippen LogP contribution is 2.36. The summed E-state index contributed by atoms with van der Waals surface area (Å²) in [7, 11) is 3.57. The Bertz CT molecular complexity index is 623. The lowest BCUT2D eigenvalue weighted by molar-refractivity contribution is -0.189. The van der Waals surface area contributed by atoms with E-state index in [0.29, 0.717) is 19.4 Å². The minimum absolute atomic E-state index is 0.119. The molecule has 0 bridgehead atoms. The smallest absolute Gasteiger partial charge is 0.316 e. The molecule has 1 aliphatic heterocycles. The zero-order valence-electron chi connectivity index (χ0n) is 21.1. The summed E-state index contributed by atoms with van der Waals surface area (Å²) in [6.45, 7) is 15.3. The van der Waals surface area contributed by atoms with Crippen LogP contribution in [0.3, 0.4) is 0 Å². The summed E-state index contributed by atoms with van der Waals surface area (Å²) in [6.07, 6.45) is -1.05. The van der Waals surface area contributed by atoms with Gasteiger partial charge in [-0.15, -0.1) is 0 Å². The van der Waals surface area contributed by atoms with Crippen molar-refractivity contribution in [3.05, 3.63) is 0 Å². The van der Waals surface area contributed by atoms with Gasteiger partial charge in [-0.1, -0.05) is 27.7 Å². The highest BCUT2D eigenvalue weighted by atomic mass is 16.6. The number of hydrogen-bond acceptors (Lipinski definition) is 7. The van der Waals surface area contributed by atoms with Gasteiger partial charge in [0.2, 0.25) is 0 Å². The first-order valence-electron chi connectivity index (χ1n) is 11.5. The maximum absolute atomic E-state index is 13.1. The number of rotatable bonds is 2. The third kappa shape index (κ3) is 6.06. The van der Waals surface area contributed by atoms with Crippen LogP contribution in [0.4, 0.5) is 0 Å². The Morgan fingerprint density at radius 3 is 2.19 bits per heavy atom. The summed E-state index contributed by atoms with van der Waals surface area (Å²) in [4.78, 5) is 28.0. The van der Waals surface area contributed by atoms with Gasteiger partial charge < -0.3 is 24.6 Å². The summed E-state index contributed by atoms with van der Waals surface area (Å²) in [5, 5.41) is 22.1. The second kappa shape index (κ2) is 10.7. The van der Waals surface area contributed by atoms with Gasteiger partial charge in [-0.2, -0.15) is 0 Å². The first-order valence-corrected chi connectivity index (χ1v) is 11.5. The minimum Gasteiger partial charge on any atom is -0.459 e. The average Bonchev–Trinajstić information content (AvgIpc) is 2.72. The third-order valence-corrected chi connectivity index (χ3v) is 7.79. The number of esters is 1. The van der Waals surface area contributed by atoms with E-state index in [0.717, 1.165) is 0 Å². The molecule has 1 fully saturated rings. The van der Waals surface area contributed by atoms with Crippen LogP contribution < -0.4 is 0 Å². The molecule has 0 aromatic carbocycles. The Kier molecular flexibility index (Phi) is 9.70. The van der Waals surface area contributed by atoms with Crippen molar-refractivity contribution < 1.29 is 29.3 Å². The molecule has 7 heteroatoms. The molecule has 1 unspecified atom stereocenters. The van der Waals surface area contributed by atoms with Gasteiger partial charge in [-0.3, -0.25) is 9.59 Å². The van der Waals surface area contributed by atoms with Gasteiger partial charge in [0.1, 0.15) is 29.5 Å². The van der Waals surface area contributed by atoms with Gasteiger partial charge in [0, 0.05) is 25.6 Å². The molecule has 31 heavy (non-hydrogen) atoms. The van der Waals surface area contributed by atoms with Crippen molar-refractivity contribution in [2.75, 3.05) is 20.7 Å². The second-order valence-electron chi connectivity index (χ2n) is 10.2. The average molecular weight is 444 g/mol. The number of cyclic esters (lactones) is 1. The summed E-state index contributed by atoms with van der Waals surface area (Å²) in [5.74, 6) is -2.17. The molecule has 7 nitrogen and oxygen atoms in total. The predicted molar refractivity (Wildman–Crippen MR) is 121 cm³/mol. The Morgan fingerprint density at radius 2 is 1.71 bits per heavy atom. The Balaban J connectivity index is 3.43. The van der Waals surface area contributed by atoms with Crippen LogP contribution in [-0.4, -0.2) is 77.0 Å². The van der Waals surface area contributed by atoms with E-state index in [1.54, 1.807) is 21.0 Å². The quantitative estimate of drug-likeness (QED) is 0.500. The summed E-state index contributed by atoms with van der Waals surface area (Å²) >= 11 is 0. The molecule has 2 N–H and O–H groups in total. The maximum Gasteiger partial charge on any atom is 0.316 e. The van der Waals surface area contributed by atoms with E-state index in [2.05, 4.69) is 6.92 Å². The Labute approximate surface area is 188 Å². The normalized spacial score (nSPS) is 45.0. The van der Waals surface area contributed by atoms with Crippen molar-refractivity contribution in [3.8, 4) is 0 Å². The van der Waals surface area contributed by atoms with Crippen molar-refractivity contribution in [1.82, 2.24) is 4.90 Å². The second-order valence-corrected chi connectivity index (χ2v) is 10.2. The minimum atomic E-state index is -1.66. The number of Topliss-reactive ketones (excluding diaryl/α,β-unsaturated/α-hetero) is 1. The number of ketones is 1. The monoisotopic (exact) mass is 443 g/mol. The molecule has 0 spiro atoms. The summed E-state index contributed by atoms with van der Waals surface area (Å²) in [6, 6.07) is -0.375. The number of likely N-dealkylation sites (N-methyl/N-ethyl adjacent to an activating group) is 1. The van der Waals surface area contributed by atoms with Crippen LogP contribution >= 0.6 is 0 Å². The lowest BCUT2D eigenvalue weighted by Gasteiger charge is -2.42. The molecule has 1 heterocycles. The molecule has 0 radical (unpaired) electrons. The number of ether oxygens (including phenoxy) is 2. The van der Waals surface area contributed by atoms with E-state index in [1.165, 1.54) is 6.92 Å². The topological polar surface area (TPSA) is 96.3 Å². The summed E-state index contributed by atoms with van der Waals surface area (Å²) < 4.78 is 11.5. The number of carbonyl (C=O) groups excluding carboxylic acids is 2. The highest BCUT2D eigenvalue weighted by molar-refractivity contribution is 5.99. The predicted octanol–water partition coefficient (Wildman–Crippen LogP) is 2.66. The number of carbonyl (C=O) groups is 2. The fraction of sp³-hybridized carbons (Fsp3) is 0.917. The number of methoxy groups -OCH3 is 1. The van der Waals surface area contributed by atoms with Crippen molar-refractivity contribution in [2.24, 2.45) is 23.7 Å². The largest absolute Gasteiger partial charge is 0.459 e. The van der Waals surface area contributed by atoms with Crippen LogP contribution in [0.25, 0.3) is 0 Å². The van der Waals surface area contributed by atoms with Crippen molar-refractivity contribution >= 4 is 11.8 Å². The van der Waals surface area contributed by atoms with Gasteiger partial charge in [0.25, 0.3) is 0 Å². The number of aliphatic hydroxyl groups is 2. The summed E-state index contributed by atoms with van der Waals surface area (Å²) in [5.41, 5.74) is -2.22. The molecule has 0 amide bonds. The van der Waals surface area contributed by atoms with Crippen molar-refractivity contribution in [1.29, 1.82) is 0 Å². The number of nitrogens with zero attached hydrogens (tertiary/aromatic N) is 1. The molecule has 0 aromatic rings. The lowest BCUT2D eigenvalue weighted by atomic mass is 9.73. The van der Waals surface area contributed by atoms with Gasteiger partial charge in [0.15, 0.2) is 0 Å². The van der Waals surface area contributed by atoms with Crippen LogP contribution in [0.1, 0.15) is 68.2 Å². The molecule has 182 valence electrons. The lowest BCUT2D eigenvalue weighted by Crippen LogP contribution is -2.59. The highest BCUT2D eigenvalue weighted by Gasteiger charge is 2.46. The molecule has 0 aromatic heterocycles. The van der Waals surface area contributed by atoms with Gasteiger partial charge in [0.05, 0.1) is 5.60 Å². The zero-order chi connectivity index (χ0) is 24.3. The molecule has 1 rings (SSSR count). The third-order valence-electron chi connectivity index (χ3n) is 7.79. The van der Waals surface area contributed by atoms with Crippen LogP contribution in [-0.2, 0) is 19.1 Å². The standard InChI is InChI=1S/C24H45NO6/c1-11-19-24(8,29)21(27)18(6)25(9)13-14(2)12-23(7,30-10)17(5)15(3)20(26)16(4)22(28)31-19/h14-19,21,27,29H,11-13H2,1-10H3/t14-,15-,16-,17-,18-,19-,21-,23?,24-/m1/s1. The van der Waals surface area contributed by atoms with Crippen LogP contribution in [0.15, 0.2) is 0 Å². The van der Waals surface area contributed by atoms with E-state index in [9.17, 15) is 19.8 Å². The molecule has 1 saturated heterocycles. The molecule has 1 aliphatic rings. The Morgan fingerprint density at radius 1 is 1.16 bits per heavy atom. The van der Waals surface area contributed by atoms with E-state index in [1.807, 2.05) is 39.6 Å². The van der Waals surface area contributed by atoms with Crippen LogP contribution in [0.5, 0.6) is 0 Å². The molecular weight excluding hydrogens is 398 g/mol. The van der Waals surface area contributed by atoms with Crippen LogP contribution in [0.2, 0.25) is 0 Å². The first kappa shape index (κ1) is 28.0. The van der Waals surface area contributed by atoms with E-state index in [4.69, 9.17) is 9.47 Å². The van der Waals surface area contributed by atoms with Crippen molar-refractivity contribution in [3.63, 3.8) is 0 Å². The van der Waals surface area contributed by atoms with Gasteiger partial charge in [-0.05, 0) is 59.4 Å². The van der Waals surface area contributed by atoms with Crippen LogP contribution in [0, 0.1) is 23.7 Å². The van der Waals surface area contributed by atoms with Crippen molar-refractivity contribution in [2.45, 2.75) is 97.7 Å². The van der Waals surface area contributed by atoms with E-state index in [-0.39, 0.29) is 23.7 Å². The fourth-order valence-electron chi connectivity index (χ4n) is 4.93. The zero-order valence-corrected chi connectivity index (χ0v) is 21.1.